The third-order valence-electron chi connectivity index (χ3n) is 5.87. The van der Waals surface area contributed by atoms with Gasteiger partial charge in [0.15, 0.2) is 11.2 Å². The molecule has 4 aromatic rings. The van der Waals surface area contributed by atoms with E-state index in [9.17, 15) is 9.18 Å². The summed E-state index contributed by atoms with van der Waals surface area (Å²) in [4.78, 5) is 14.5. The van der Waals surface area contributed by atoms with Gasteiger partial charge in [0.1, 0.15) is 5.82 Å². The Balaban J connectivity index is 1.18. The standard InChI is InChI=1S/C22H22FN3O3/c23-16-6-7-17-20(14-16)29-24-21(17)15-8-12-25(13-9-15)10-3-11-26-18-4-1-2-5-19(18)28-22(26)27/h1-2,4-7,14-15H,3,8-13H2. The molecule has 1 fully saturated rings. The fourth-order valence-electron chi connectivity index (χ4n) is 4.33. The lowest BCUT2D eigenvalue weighted by Gasteiger charge is -2.31. The number of fused-ring (bicyclic) bond motifs is 2. The summed E-state index contributed by atoms with van der Waals surface area (Å²) in [5, 5.41) is 5.12. The predicted molar refractivity (Wildman–Crippen MR) is 107 cm³/mol. The first kappa shape index (κ1) is 18.1. The van der Waals surface area contributed by atoms with Gasteiger partial charge in [-0.3, -0.25) is 4.57 Å². The summed E-state index contributed by atoms with van der Waals surface area (Å²) in [6.07, 6.45) is 2.88. The van der Waals surface area contributed by atoms with Crippen LogP contribution >= 0.6 is 0 Å². The maximum absolute atomic E-state index is 13.3. The van der Waals surface area contributed by atoms with Crippen molar-refractivity contribution in [3.63, 3.8) is 0 Å². The van der Waals surface area contributed by atoms with Crippen molar-refractivity contribution in [3.05, 3.63) is 64.5 Å². The zero-order chi connectivity index (χ0) is 19.8. The van der Waals surface area contributed by atoms with Gasteiger partial charge in [-0.2, -0.15) is 0 Å². The lowest BCUT2D eigenvalue weighted by atomic mass is 9.91. The van der Waals surface area contributed by atoms with Crippen LogP contribution in [-0.4, -0.2) is 34.3 Å². The molecule has 7 heteroatoms. The van der Waals surface area contributed by atoms with Gasteiger partial charge in [-0.25, -0.2) is 9.18 Å². The Kier molecular flexibility index (Phi) is 4.67. The highest BCUT2D eigenvalue weighted by Gasteiger charge is 2.25. The van der Waals surface area contributed by atoms with Crippen molar-refractivity contribution in [2.45, 2.75) is 31.7 Å². The summed E-state index contributed by atoms with van der Waals surface area (Å²) in [5.41, 5.74) is 2.94. The Labute approximate surface area is 166 Å². The minimum Gasteiger partial charge on any atom is -0.408 e. The SMILES string of the molecule is O=c1oc2ccccc2n1CCCN1CCC(c2noc3cc(F)ccc23)CC1. The van der Waals surface area contributed by atoms with Crippen LogP contribution in [0.15, 0.2) is 56.2 Å². The van der Waals surface area contributed by atoms with Gasteiger partial charge in [-0.05, 0) is 63.2 Å². The molecule has 0 aliphatic carbocycles. The van der Waals surface area contributed by atoms with Gasteiger partial charge in [-0.1, -0.05) is 17.3 Å². The van der Waals surface area contributed by atoms with Gasteiger partial charge >= 0.3 is 5.76 Å². The molecule has 0 amide bonds. The molecule has 1 aliphatic heterocycles. The second-order valence-electron chi connectivity index (χ2n) is 7.67. The van der Waals surface area contributed by atoms with Crippen molar-refractivity contribution in [1.29, 1.82) is 0 Å². The zero-order valence-electron chi connectivity index (χ0n) is 16.0. The van der Waals surface area contributed by atoms with E-state index in [1.54, 1.807) is 10.6 Å². The normalized spacial score (nSPS) is 16.2. The van der Waals surface area contributed by atoms with E-state index in [4.69, 9.17) is 8.94 Å². The number of rotatable bonds is 5. The number of benzene rings is 2. The third-order valence-corrected chi connectivity index (χ3v) is 5.87. The molecule has 0 radical (unpaired) electrons. The molecule has 5 rings (SSSR count). The van der Waals surface area contributed by atoms with Crippen molar-refractivity contribution < 1.29 is 13.3 Å². The minimum absolute atomic E-state index is 0.292. The largest absolute Gasteiger partial charge is 0.419 e. The quantitative estimate of drug-likeness (QED) is 0.508. The fourth-order valence-corrected chi connectivity index (χ4v) is 4.33. The average Bonchev–Trinajstić information content (AvgIpc) is 3.29. The van der Waals surface area contributed by atoms with Crippen molar-refractivity contribution in [3.8, 4) is 0 Å². The lowest BCUT2D eigenvalue weighted by molar-refractivity contribution is 0.204. The highest BCUT2D eigenvalue weighted by Crippen LogP contribution is 2.32. The highest BCUT2D eigenvalue weighted by atomic mass is 19.1. The third kappa shape index (κ3) is 3.46. The highest BCUT2D eigenvalue weighted by molar-refractivity contribution is 5.80. The topological polar surface area (TPSA) is 64.4 Å². The molecule has 6 nitrogen and oxygen atoms in total. The molecular weight excluding hydrogens is 373 g/mol. The van der Waals surface area contributed by atoms with Crippen molar-refractivity contribution in [2.24, 2.45) is 0 Å². The van der Waals surface area contributed by atoms with Crippen LogP contribution in [-0.2, 0) is 6.54 Å². The van der Waals surface area contributed by atoms with Crippen molar-refractivity contribution in [2.75, 3.05) is 19.6 Å². The smallest absolute Gasteiger partial charge is 0.408 e. The predicted octanol–water partition coefficient (Wildman–Crippen LogP) is 4.14. The molecular formula is C22H22FN3O3. The average molecular weight is 395 g/mol. The number of halogens is 1. The second-order valence-corrected chi connectivity index (χ2v) is 7.67. The Morgan fingerprint density at radius 1 is 1.07 bits per heavy atom. The zero-order valence-corrected chi connectivity index (χ0v) is 16.0. The van der Waals surface area contributed by atoms with Crippen molar-refractivity contribution >= 4 is 22.1 Å². The number of piperidine rings is 1. The monoisotopic (exact) mass is 395 g/mol. The molecule has 2 aromatic carbocycles. The summed E-state index contributed by atoms with van der Waals surface area (Å²) in [6, 6.07) is 12.1. The molecule has 0 bridgehead atoms. The number of hydrogen-bond donors (Lipinski definition) is 0. The molecule has 0 saturated carbocycles. The van der Waals surface area contributed by atoms with Crippen LogP contribution in [0.5, 0.6) is 0 Å². The summed E-state index contributed by atoms with van der Waals surface area (Å²) in [6.45, 7) is 3.53. The molecule has 1 saturated heterocycles. The van der Waals surface area contributed by atoms with Crippen LogP contribution in [0.25, 0.3) is 22.1 Å². The van der Waals surface area contributed by atoms with E-state index in [2.05, 4.69) is 10.1 Å². The number of aromatic nitrogens is 2. The molecule has 2 aromatic heterocycles. The molecule has 3 heterocycles. The van der Waals surface area contributed by atoms with Crippen LogP contribution in [0.1, 0.15) is 30.9 Å². The van der Waals surface area contributed by atoms with Gasteiger partial charge < -0.3 is 13.8 Å². The van der Waals surface area contributed by atoms with Gasteiger partial charge in [0, 0.05) is 23.9 Å². The van der Waals surface area contributed by atoms with Gasteiger partial charge in [0.05, 0.1) is 11.2 Å². The molecule has 1 aliphatic rings. The van der Waals surface area contributed by atoms with E-state index in [0.29, 0.717) is 23.6 Å². The summed E-state index contributed by atoms with van der Waals surface area (Å²) in [5.74, 6) is -0.267. The van der Waals surface area contributed by atoms with E-state index in [-0.39, 0.29) is 11.6 Å². The first-order valence-electron chi connectivity index (χ1n) is 10.0. The van der Waals surface area contributed by atoms with Crippen LogP contribution in [0.2, 0.25) is 0 Å². The van der Waals surface area contributed by atoms with Crippen LogP contribution in [0.3, 0.4) is 0 Å². The van der Waals surface area contributed by atoms with Gasteiger partial charge in [0.25, 0.3) is 0 Å². The maximum Gasteiger partial charge on any atom is 0.419 e. The van der Waals surface area contributed by atoms with Crippen molar-refractivity contribution in [1.82, 2.24) is 14.6 Å². The van der Waals surface area contributed by atoms with Gasteiger partial charge in [0.2, 0.25) is 0 Å². The number of oxazole rings is 1. The lowest BCUT2D eigenvalue weighted by Crippen LogP contribution is -2.34. The number of aryl methyl sites for hydroxylation is 1. The Morgan fingerprint density at radius 3 is 2.76 bits per heavy atom. The second kappa shape index (κ2) is 7.48. The minimum atomic E-state index is -0.306. The van der Waals surface area contributed by atoms with Crippen LogP contribution < -0.4 is 5.76 Å². The maximum atomic E-state index is 13.3. The first-order chi connectivity index (χ1) is 14.2. The fraction of sp³-hybridized carbons (Fsp3) is 0.364. The molecule has 0 unspecified atom stereocenters. The van der Waals surface area contributed by atoms with Crippen LogP contribution in [0, 0.1) is 5.82 Å². The summed E-state index contributed by atoms with van der Waals surface area (Å²) in [7, 11) is 0. The molecule has 150 valence electrons. The first-order valence-corrected chi connectivity index (χ1v) is 10.0. The number of likely N-dealkylation sites (tertiary alicyclic amines) is 1. The molecule has 0 atom stereocenters. The number of nitrogens with zero attached hydrogens (tertiary/aromatic N) is 3. The molecule has 0 N–H and O–H groups in total. The molecule has 0 spiro atoms. The summed E-state index contributed by atoms with van der Waals surface area (Å²) >= 11 is 0. The van der Waals surface area contributed by atoms with Gasteiger partial charge in [-0.15, -0.1) is 0 Å². The van der Waals surface area contributed by atoms with Crippen LogP contribution in [0.4, 0.5) is 4.39 Å². The number of hydrogen-bond acceptors (Lipinski definition) is 5. The Bertz CT molecular complexity index is 1200. The van der Waals surface area contributed by atoms with E-state index in [1.807, 2.05) is 24.3 Å². The molecule has 29 heavy (non-hydrogen) atoms. The van der Waals surface area contributed by atoms with E-state index >= 15 is 0 Å². The van der Waals surface area contributed by atoms with E-state index in [1.165, 1.54) is 12.1 Å². The Morgan fingerprint density at radius 2 is 1.90 bits per heavy atom. The Hall–Kier alpha value is -2.93. The van der Waals surface area contributed by atoms with E-state index < -0.39 is 0 Å². The summed E-state index contributed by atoms with van der Waals surface area (Å²) < 4.78 is 25.7. The van der Waals surface area contributed by atoms with E-state index in [0.717, 1.165) is 55.5 Å². The number of para-hydroxylation sites is 2.